The van der Waals surface area contributed by atoms with E-state index in [-0.39, 0.29) is 11.9 Å². The lowest BCUT2D eigenvalue weighted by Crippen LogP contribution is -2.38. The summed E-state index contributed by atoms with van der Waals surface area (Å²) in [5.41, 5.74) is 6.34. The van der Waals surface area contributed by atoms with Gasteiger partial charge in [0, 0.05) is 26.7 Å². The fourth-order valence-corrected chi connectivity index (χ4v) is 1.48. The Hall–Kier alpha value is -1.13. The Morgan fingerprint density at radius 3 is 2.73 bits per heavy atom. The van der Waals surface area contributed by atoms with Gasteiger partial charge in [0.1, 0.15) is 5.82 Å². The number of para-hydroxylation sites is 1. The Bertz CT molecular complexity index is 306. The molecule has 0 aromatic heterocycles. The van der Waals surface area contributed by atoms with Crippen molar-refractivity contribution in [2.75, 3.05) is 32.2 Å². The number of halogens is 1. The normalized spacial score (nSPS) is 12.5. The van der Waals surface area contributed by atoms with E-state index in [0.717, 1.165) is 0 Å². The molecule has 0 bridgehead atoms. The van der Waals surface area contributed by atoms with Crippen LogP contribution >= 0.6 is 0 Å². The van der Waals surface area contributed by atoms with Crippen molar-refractivity contribution in [2.45, 2.75) is 6.04 Å². The summed E-state index contributed by atoms with van der Waals surface area (Å²) in [7, 11) is 3.41. The van der Waals surface area contributed by atoms with Gasteiger partial charge in [0.25, 0.3) is 0 Å². The van der Waals surface area contributed by atoms with Gasteiger partial charge in [-0.25, -0.2) is 4.39 Å². The molecule has 15 heavy (non-hydrogen) atoms. The first-order valence-electron chi connectivity index (χ1n) is 4.85. The van der Waals surface area contributed by atoms with Gasteiger partial charge in [0.05, 0.1) is 12.3 Å². The van der Waals surface area contributed by atoms with Gasteiger partial charge in [0.2, 0.25) is 0 Å². The molecule has 0 aliphatic heterocycles. The number of ether oxygens (including phenoxy) is 1. The van der Waals surface area contributed by atoms with E-state index in [1.54, 1.807) is 30.2 Å². The summed E-state index contributed by atoms with van der Waals surface area (Å²) in [4.78, 5) is 1.79. The van der Waals surface area contributed by atoms with Crippen molar-refractivity contribution in [1.29, 1.82) is 0 Å². The van der Waals surface area contributed by atoms with Gasteiger partial charge in [-0.2, -0.15) is 0 Å². The first kappa shape index (κ1) is 11.9. The van der Waals surface area contributed by atoms with Gasteiger partial charge in [-0.15, -0.1) is 0 Å². The Morgan fingerprint density at radius 2 is 2.13 bits per heavy atom. The summed E-state index contributed by atoms with van der Waals surface area (Å²) in [6.45, 7) is 1.04. The Morgan fingerprint density at radius 1 is 1.47 bits per heavy atom. The molecule has 84 valence electrons. The van der Waals surface area contributed by atoms with E-state index in [0.29, 0.717) is 18.8 Å². The third-order valence-electron chi connectivity index (χ3n) is 2.15. The van der Waals surface area contributed by atoms with Crippen LogP contribution in [-0.4, -0.2) is 33.4 Å². The van der Waals surface area contributed by atoms with E-state index in [2.05, 4.69) is 0 Å². The van der Waals surface area contributed by atoms with E-state index in [1.807, 2.05) is 7.05 Å². The number of nitrogens with zero attached hydrogens (tertiary/aromatic N) is 1. The van der Waals surface area contributed by atoms with Crippen LogP contribution in [0.15, 0.2) is 24.3 Å². The lowest BCUT2D eigenvalue weighted by molar-refractivity contribution is 0.181. The van der Waals surface area contributed by atoms with Crippen LogP contribution in [0.3, 0.4) is 0 Å². The predicted molar refractivity (Wildman–Crippen MR) is 59.5 cm³/mol. The predicted octanol–water partition coefficient (Wildman–Crippen LogP) is 1.24. The Labute approximate surface area is 89.6 Å². The molecule has 1 aromatic carbocycles. The SMILES string of the molecule is COCC(N)CN(C)c1ccccc1F. The number of rotatable bonds is 5. The van der Waals surface area contributed by atoms with Crippen LogP contribution in [0.25, 0.3) is 0 Å². The first-order chi connectivity index (χ1) is 7.15. The van der Waals surface area contributed by atoms with Crippen LogP contribution in [0, 0.1) is 5.82 Å². The number of nitrogens with two attached hydrogens (primary N) is 1. The zero-order valence-electron chi connectivity index (χ0n) is 9.11. The molecule has 0 aliphatic carbocycles. The maximum atomic E-state index is 13.4. The number of methoxy groups -OCH3 is 1. The van der Waals surface area contributed by atoms with Gasteiger partial charge < -0.3 is 15.4 Å². The maximum absolute atomic E-state index is 13.4. The van der Waals surface area contributed by atoms with Crippen molar-refractivity contribution >= 4 is 5.69 Å². The lowest BCUT2D eigenvalue weighted by Gasteiger charge is -2.23. The molecule has 0 saturated heterocycles. The number of anilines is 1. The summed E-state index contributed by atoms with van der Waals surface area (Å²) >= 11 is 0. The Balaban J connectivity index is 2.61. The highest BCUT2D eigenvalue weighted by atomic mass is 19.1. The zero-order valence-corrected chi connectivity index (χ0v) is 9.11. The molecule has 0 spiro atoms. The highest BCUT2D eigenvalue weighted by Crippen LogP contribution is 2.16. The standard InChI is InChI=1S/C11H17FN2O/c1-14(7-9(13)8-15-2)11-6-4-3-5-10(11)12/h3-6,9H,7-8,13H2,1-2H3. The molecule has 0 aliphatic rings. The molecular weight excluding hydrogens is 195 g/mol. The zero-order chi connectivity index (χ0) is 11.3. The largest absolute Gasteiger partial charge is 0.383 e. The summed E-state index contributed by atoms with van der Waals surface area (Å²) in [5, 5.41) is 0. The molecular formula is C11H17FN2O. The average molecular weight is 212 g/mol. The maximum Gasteiger partial charge on any atom is 0.146 e. The number of hydrogen-bond acceptors (Lipinski definition) is 3. The van der Waals surface area contributed by atoms with Crippen molar-refractivity contribution < 1.29 is 9.13 Å². The third kappa shape index (κ3) is 3.49. The van der Waals surface area contributed by atoms with Gasteiger partial charge in [-0.3, -0.25) is 0 Å². The van der Waals surface area contributed by atoms with Crippen molar-refractivity contribution in [1.82, 2.24) is 0 Å². The summed E-state index contributed by atoms with van der Waals surface area (Å²) in [6.07, 6.45) is 0. The Kier molecular flexibility index (Phi) is 4.52. The van der Waals surface area contributed by atoms with Crippen molar-refractivity contribution in [3.8, 4) is 0 Å². The van der Waals surface area contributed by atoms with Crippen LogP contribution in [0.1, 0.15) is 0 Å². The molecule has 0 fully saturated rings. The van der Waals surface area contributed by atoms with Gasteiger partial charge >= 0.3 is 0 Å². The molecule has 0 heterocycles. The second kappa shape index (κ2) is 5.68. The number of benzene rings is 1. The molecule has 1 atom stereocenters. The second-order valence-corrected chi connectivity index (χ2v) is 3.55. The molecule has 0 amide bonds. The lowest BCUT2D eigenvalue weighted by atomic mass is 10.2. The minimum atomic E-state index is -0.232. The number of hydrogen-bond donors (Lipinski definition) is 1. The highest BCUT2D eigenvalue weighted by molar-refractivity contribution is 5.46. The summed E-state index contributed by atoms with van der Waals surface area (Å²) < 4.78 is 18.3. The second-order valence-electron chi connectivity index (χ2n) is 3.55. The molecule has 4 heteroatoms. The van der Waals surface area contributed by atoms with Gasteiger partial charge in [-0.05, 0) is 12.1 Å². The van der Waals surface area contributed by atoms with Gasteiger partial charge in [-0.1, -0.05) is 12.1 Å². The van der Waals surface area contributed by atoms with Gasteiger partial charge in [0.15, 0.2) is 0 Å². The van der Waals surface area contributed by atoms with E-state index in [4.69, 9.17) is 10.5 Å². The van der Waals surface area contributed by atoms with Crippen molar-refractivity contribution in [2.24, 2.45) is 5.73 Å². The highest BCUT2D eigenvalue weighted by Gasteiger charge is 2.10. The smallest absolute Gasteiger partial charge is 0.146 e. The van der Waals surface area contributed by atoms with E-state index >= 15 is 0 Å². The average Bonchev–Trinajstić information content (AvgIpc) is 2.18. The van der Waals surface area contributed by atoms with E-state index < -0.39 is 0 Å². The third-order valence-corrected chi connectivity index (χ3v) is 2.15. The van der Waals surface area contributed by atoms with Crippen molar-refractivity contribution in [3.63, 3.8) is 0 Å². The molecule has 1 rings (SSSR count). The number of likely N-dealkylation sites (N-methyl/N-ethyl adjacent to an activating group) is 1. The molecule has 3 nitrogen and oxygen atoms in total. The molecule has 0 radical (unpaired) electrons. The topological polar surface area (TPSA) is 38.5 Å². The van der Waals surface area contributed by atoms with E-state index in [9.17, 15) is 4.39 Å². The van der Waals surface area contributed by atoms with E-state index in [1.165, 1.54) is 6.07 Å². The monoisotopic (exact) mass is 212 g/mol. The van der Waals surface area contributed by atoms with Crippen molar-refractivity contribution in [3.05, 3.63) is 30.1 Å². The fourth-order valence-electron chi connectivity index (χ4n) is 1.48. The summed E-state index contributed by atoms with van der Waals surface area (Å²) in [6, 6.07) is 6.53. The fraction of sp³-hybridized carbons (Fsp3) is 0.455. The molecule has 0 saturated carbocycles. The summed E-state index contributed by atoms with van der Waals surface area (Å²) in [5.74, 6) is -0.232. The minimum absolute atomic E-state index is 0.111. The quantitative estimate of drug-likeness (QED) is 0.798. The molecule has 1 unspecified atom stereocenters. The molecule has 2 N–H and O–H groups in total. The molecule has 1 aromatic rings. The van der Waals surface area contributed by atoms with Crippen LogP contribution < -0.4 is 10.6 Å². The van der Waals surface area contributed by atoms with Crippen LogP contribution in [0.4, 0.5) is 10.1 Å². The first-order valence-corrected chi connectivity index (χ1v) is 4.85. The van der Waals surface area contributed by atoms with Crippen LogP contribution in [-0.2, 0) is 4.74 Å². The van der Waals surface area contributed by atoms with Crippen LogP contribution in [0.5, 0.6) is 0 Å². The minimum Gasteiger partial charge on any atom is -0.383 e. The van der Waals surface area contributed by atoms with Crippen LogP contribution in [0.2, 0.25) is 0 Å².